The average Bonchev–Trinajstić information content (AvgIpc) is 2.81. The highest BCUT2D eigenvalue weighted by Gasteiger charge is 2.17. The number of carbonyl (C=O) groups excluding carboxylic acids is 2. The van der Waals surface area contributed by atoms with Gasteiger partial charge in [-0.2, -0.15) is 0 Å². The van der Waals surface area contributed by atoms with E-state index in [0.717, 1.165) is 31.6 Å². The SMILES string of the molecule is CCOCCOc1cccc(NC(=O)CNc2ccc(C(=O)N3CCCCC3)cc2)c1. The van der Waals surface area contributed by atoms with Gasteiger partial charge in [-0.3, -0.25) is 9.59 Å². The van der Waals surface area contributed by atoms with Gasteiger partial charge in [-0.05, 0) is 62.6 Å². The molecule has 2 N–H and O–H groups in total. The van der Waals surface area contributed by atoms with Crippen LogP contribution in [0.4, 0.5) is 11.4 Å². The van der Waals surface area contributed by atoms with Gasteiger partial charge >= 0.3 is 0 Å². The van der Waals surface area contributed by atoms with Crippen molar-refractivity contribution < 1.29 is 19.1 Å². The molecule has 0 aliphatic carbocycles. The van der Waals surface area contributed by atoms with Crippen LogP contribution in [-0.2, 0) is 9.53 Å². The number of carbonyl (C=O) groups is 2. The van der Waals surface area contributed by atoms with Crippen LogP contribution in [0, 0.1) is 0 Å². The Morgan fingerprint density at radius 1 is 0.968 bits per heavy atom. The Kier molecular flexibility index (Phi) is 8.72. The largest absolute Gasteiger partial charge is 0.491 e. The highest BCUT2D eigenvalue weighted by molar-refractivity contribution is 5.95. The van der Waals surface area contributed by atoms with Crippen LogP contribution in [0.25, 0.3) is 0 Å². The summed E-state index contributed by atoms with van der Waals surface area (Å²) in [7, 11) is 0. The van der Waals surface area contributed by atoms with E-state index >= 15 is 0 Å². The molecule has 7 heteroatoms. The number of hydrogen-bond acceptors (Lipinski definition) is 5. The predicted octanol–water partition coefficient (Wildman–Crippen LogP) is 3.78. The second kappa shape index (κ2) is 12.0. The molecule has 0 radical (unpaired) electrons. The number of nitrogens with one attached hydrogen (secondary N) is 2. The van der Waals surface area contributed by atoms with Gasteiger partial charge in [0.15, 0.2) is 0 Å². The number of piperidine rings is 1. The molecule has 0 unspecified atom stereocenters. The van der Waals surface area contributed by atoms with Crippen LogP contribution in [0.2, 0.25) is 0 Å². The number of hydrogen-bond donors (Lipinski definition) is 2. The Labute approximate surface area is 183 Å². The van der Waals surface area contributed by atoms with E-state index in [1.807, 2.05) is 42.2 Å². The van der Waals surface area contributed by atoms with Crippen LogP contribution in [0.5, 0.6) is 5.75 Å². The van der Waals surface area contributed by atoms with Crippen LogP contribution in [0.3, 0.4) is 0 Å². The maximum Gasteiger partial charge on any atom is 0.253 e. The molecule has 1 aliphatic heterocycles. The molecule has 0 aromatic heterocycles. The van der Waals surface area contributed by atoms with Gasteiger partial charge in [-0.1, -0.05) is 6.07 Å². The van der Waals surface area contributed by atoms with Gasteiger partial charge in [0.05, 0.1) is 13.2 Å². The molecule has 0 atom stereocenters. The van der Waals surface area contributed by atoms with Gasteiger partial charge in [0.1, 0.15) is 12.4 Å². The fourth-order valence-electron chi connectivity index (χ4n) is 3.42. The second-order valence-electron chi connectivity index (χ2n) is 7.41. The minimum Gasteiger partial charge on any atom is -0.491 e. The lowest BCUT2D eigenvalue weighted by molar-refractivity contribution is -0.114. The summed E-state index contributed by atoms with van der Waals surface area (Å²) in [6, 6.07) is 14.5. The summed E-state index contributed by atoms with van der Waals surface area (Å²) in [6.45, 7) is 5.37. The van der Waals surface area contributed by atoms with Gasteiger partial charge in [0, 0.05) is 42.7 Å². The van der Waals surface area contributed by atoms with Crippen LogP contribution < -0.4 is 15.4 Å². The monoisotopic (exact) mass is 425 g/mol. The molecule has 31 heavy (non-hydrogen) atoms. The van der Waals surface area contributed by atoms with Crippen LogP contribution in [0.15, 0.2) is 48.5 Å². The van der Waals surface area contributed by atoms with E-state index in [2.05, 4.69) is 10.6 Å². The summed E-state index contributed by atoms with van der Waals surface area (Å²) in [4.78, 5) is 26.7. The zero-order chi connectivity index (χ0) is 21.9. The van der Waals surface area contributed by atoms with E-state index in [1.54, 1.807) is 18.2 Å². The van der Waals surface area contributed by atoms with Gasteiger partial charge in [-0.25, -0.2) is 0 Å². The molecule has 3 rings (SSSR count). The van der Waals surface area contributed by atoms with Crippen molar-refractivity contribution in [3.05, 3.63) is 54.1 Å². The van der Waals surface area contributed by atoms with Gasteiger partial charge in [0.25, 0.3) is 5.91 Å². The van der Waals surface area contributed by atoms with Crippen molar-refractivity contribution in [3.8, 4) is 5.75 Å². The van der Waals surface area contributed by atoms with Crippen molar-refractivity contribution in [1.29, 1.82) is 0 Å². The Hall–Kier alpha value is -3.06. The van der Waals surface area contributed by atoms with E-state index in [9.17, 15) is 9.59 Å². The van der Waals surface area contributed by atoms with E-state index in [0.29, 0.717) is 36.8 Å². The molecule has 1 saturated heterocycles. The highest BCUT2D eigenvalue weighted by atomic mass is 16.5. The molecule has 166 valence electrons. The summed E-state index contributed by atoms with van der Waals surface area (Å²) in [6.07, 6.45) is 3.34. The highest BCUT2D eigenvalue weighted by Crippen LogP contribution is 2.18. The quantitative estimate of drug-likeness (QED) is 0.567. The maximum absolute atomic E-state index is 12.5. The molecule has 0 saturated carbocycles. The molecule has 1 heterocycles. The van der Waals surface area contributed by atoms with Crippen molar-refractivity contribution in [3.63, 3.8) is 0 Å². The molecule has 1 fully saturated rings. The first-order chi connectivity index (χ1) is 15.2. The van der Waals surface area contributed by atoms with Gasteiger partial charge < -0.3 is 25.0 Å². The molecule has 0 spiro atoms. The maximum atomic E-state index is 12.5. The first-order valence-electron chi connectivity index (χ1n) is 10.9. The van der Waals surface area contributed by atoms with Crippen molar-refractivity contribution in [2.75, 3.05) is 50.1 Å². The molecule has 0 bridgehead atoms. The third-order valence-electron chi connectivity index (χ3n) is 5.05. The molecular weight excluding hydrogens is 394 g/mol. The minimum absolute atomic E-state index is 0.0763. The van der Waals surface area contributed by atoms with Crippen molar-refractivity contribution in [2.45, 2.75) is 26.2 Å². The number of benzene rings is 2. The number of rotatable bonds is 10. The molecular formula is C24H31N3O4. The third-order valence-corrected chi connectivity index (χ3v) is 5.05. The zero-order valence-corrected chi connectivity index (χ0v) is 18.1. The summed E-state index contributed by atoms with van der Waals surface area (Å²) >= 11 is 0. The normalized spacial score (nSPS) is 13.5. The Morgan fingerprint density at radius 2 is 1.74 bits per heavy atom. The molecule has 2 aromatic rings. The summed E-state index contributed by atoms with van der Waals surface area (Å²) in [5.74, 6) is 0.590. The lowest BCUT2D eigenvalue weighted by Gasteiger charge is -2.26. The van der Waals surface area contributed by atoms with Crippen molar-refractivity contribution in [2.24, 2.45) is 0 Å². The third kappa shape index (κ3) is 7.29. The Morgan fingerprint density at radius 3 is 2.48 bits per heavy atom. The van der Waals surface area contributed by atoms with Crippen LogP contribution >= 0.6 is 0 Å². The molecule has 2 amide bonds. The topological polar surface area (TPSA) is 79.9 Å². The fourth-order valence-corrected chi connectivity index (χ4v) is 3.42. The van der Waals surface area contributed by atoms with Crippen molar-refractivity contribution in [1.82, 2.24) is 4.90 Å². The predicted molar refractivity (Wildman–Crippen MR) is 122 cm³/mol. The average molecular weight is 426 g/mol. The Balaban J connectivity index is 1.44. The lowest BCUT2D eigenvalue weighted by atomic mass is 10.1. The van der Waals surface area contributed by atoms with E-state index < -0.39 is 0 Å². The van der Waals surface area contributed by atoms with Gasteiger partial charge in [0.2, 0.25) is 5.91 Å². The lowest BCUT2D eigenvalue weighted by Crippen LogP contribution is -2.35. The Bertz CT molecular complexity index is 848. The second-order valence-corrected chi connectivity index (χ2v) is 7.41. The van der Waals surface area contributed by atoms with Crippen LogP contribution in [-0.4, -0.2) is 56.2 Å². The number of likely N-dealkylation sites (tertiary alicyclic amines) is 1. The van der Waals surface area contributed by atoms with E-state index in [4.69, 9.17) is 9.47 Å². The number of anilines is 2. The summed E-state index contributed by atoms with van der Waals surface area (Å²) in [5, 5.41) is 5.94. The molecule has 2 aromatic carbocycles. The number of amides is 2. The summed E-state index contributed by atoms with van der Waals surface area (Å²) < 4.78 is 10.9. The molecule has 7 nitrogen and oxygen atoms in total. The van der Waals surface area contributed by atoms with Gasteiger partial charge in [-0.15, -0.1) is 0 Å². The number of ether oxygens (including phenoxy) is 2. The van der Waals surface area contributed by atoms with Crippen molar-refractivity contribution >= 4 is 23.2 Å². The van der Waals surface area contributed by atoms with E-state index in [-0.39, 0.29) is 18.4 Å². The minimum atomic E-state index is -0.167. The summed E-state index contributed by atoms with van der Waals surface area (Å²) in [5.41, 5.74) is 2.14. The smallest absolute Gasteiger partial charge is 0.253 e. The molecule has 1 aliphatic rings. The number of nitrogens with zero attached hydrogens (tertiary/aromatic N) is 1. The first kappa shape index (κ1) is 22.6. The van der Waals surface area contributed by atoms with E-state index in [1.165, 1.54) is 6.42 Å². The zero-order valence-electron chi connectivity index (χ0n) is 18.1. The first-order valence-corrected chi connectivity index (χ1v) is 10.9. The van der Waals surface area contributed by atoms with Crippen LogP contribution in [0.1, 0.15) is 36.5 Å². The standard InChI is InChI=1S/C24H31N3O4/c1-2-30-15-16-31-22-8-6-7-21(17-22)26-23(28)18-25-20-11-9-19(10-12-20)24(29)27-13-4-3-5-14-27/h6-12,17,25H,2-5,13-16,18H2,1H3,(H,26,28). The fraction of sp³-hybridized carbons (Fsp3) is 0.417.